The molecule has 0 saturated carbocycles. The lowest BCUT2D eigenvalue weighted by molar-refractivity contribution is 0.0992. The summed E-state index contributed by atoms with van der Waals surface area (Å²) in [5.74, 6) is -0.0183. The Morgan fingerprint density at radius 3 is 2.67 bits per heavy atom. The number of hydrogen-bond donors (Lipinski definition) is 0. The van der Waals surface area contributed by atoms with Crippen LogP contribution in [0.2, 0.25) is 0 Å². The lowest BCUT2D eigenvalue weighted by atomic mass is 10.0. The van der Waals surface area contributed by atoms with Crippen LogP contribution in [0.25, 0.3) is 10.2 Å². The van der Waals surface area contributed by atoms with Crippen LogP contribution < -0.4 is 4.90 Å². The van der Waals surface area contributed by atoms with Crippen LogP contribution in [-0.4, -0.2) is 17.9 Å². The topological polar surface area (TPSA) is 33.2 Å². The molecule has 3 rings (SSSR count). The lowest BCUT2D eigenvalue weighted by Gasteiger charge is -2.15. The summed E-state index contributed by atoms with van der Waals surface area (Å²) in [6.45, 7) is 3.95. The number of para-hydroxylation sites is 1. The van der Waals surface area contributed by atoms with E-state index >= 15 is 0 Å². The Kier molecular flexibility index (Phi) is 3.47. The fourth-order valence-electron chi connectivity index (χ4n) is 2.24. The summed E-state index contributed by atoms with van der Waals surface area (Å²) in [5.41, 5.74) is 3.73. The quantitative estimate of drug-likeness (QED) is 0.710. The van der Waals surface area contributed by atoms with E-state index in [9.17, 15) is 4.79 Å². The van der Waals surface area contributed by atoms with Gasteiger partial charge in [-0.1, -0.05) is 41.2 Å². The minimum atomic E-state index is -0.0183. The van der Waals surface area contributed by atoms with Crippen molar-refractivity contribution in [2.45, 2.75) is 13.8 Å². The van der Waals surface area contributed by atoms with Gasteiger partial charge in [0.15, 0.2) is 5.13 Å². The van der Waals surface area contributed by atoms with Crippen molar-refractivity contribution in [2.75, 3.05) is 11.9 Å². The average molecular weight is 296 g/mol. The summed E-state index contributed by atoms with van der Waals surface area (Å²) in [7, 11) is 1.78. The molecule has 0 saturated heterocycles. The van der Waals surface area contributed by atoms with Crippen LogP contribution in [0.3, 0.4) is 0 Å². The Labute approximate surface area is 127 Å². The average Bonchev–Trinajstić information content (AvgIpc) is 2.92. The fourth-order valence-corrected chi connectivity index (χ4v) is 3.16. The van der Waals surface area contributed by atoms with E-state index in [1.165, 1.54) is 11.3 Å². The lowest BCUT2D eigenvalue weighted by Crippen LogP contribution is -2.26. The van der Waals surface area contributed by atoms with E-state index in [2.05, 4.69) is 4.98 Å². The highest BCUT2D eigenvalue weighted by molar-refractivity contribution is 7.22. The van der Waals surface area contributed by atoms with Gasteiger partial charge in [0.2, 0.25) is 0 Å². The summed E-state index contributed by atoms with van der Waals surface area (Å²) in [5, 5.41) is 0.724. The Balaban J connectivity index is 1.99. The second-order valence-corrected chi connectivity index (χ2v) is 6.16. The van der Waals surface area contributed by atoms with E-state index in [-0.39, 0.29) is 5.91 Å². The van der Waals surface area contributed by atoms with Crippen molar-refractivity contribution in [1.29, 1.82) is 0 Å². The van der Waals surface area contributed by atoms with Gasteiger partial charge in [-0.2, -0.15) is 0 Å². The smallest absolute Gasteiger partial charge is 0.260 e. The molecule has 0 unspecified atom stereocenters. The number of amides is 1. The van der Waals surface area contributed by atoms with E-state index in [0.717, 1.165) is 32.0 Å². The second-order valence-electron chi connectivity index (χ2n) is 5.15. The highest BCUT2D eigenvalue weighted by atomic mass is 32.1. The predicted octanol–water partition coefficient (Wildman–Crippen LogP) is 4.19. The molecule has 0 fully saturated rings. The summed E-state index contributed by atoms with van der Waals surface area (Å²) >= 11 is 1.53. The Morgan fingerprint density at radius 1 is 1.14 bits per heavy atom. The van der Waals surface area contributed by atoms with Gasteiger partial charge in [-0.3, -0.25) is 9.69 Å². The molecule has 0 aliphatic carbocycles. The molecule has 4 heteroatoms. The largest absolute Gasteiger partial charge is 0.287 e. The molecule has 0 spiro atoms. The van der Waals surface area contributed by atoms with E-state index in [4.69, 9.17) is 0 Å². The van der Waals surface area contributed by atoms with Gasteiger partial charge < -0.3 is 0 Å². The number of carbonyl (C=O) groups excluding carboxylic acids is 1. The van der Waals surface area contributed by atoms with Crippen molar-refractivity contribution in [3.05, 3.63) is 59.2 Å². The molecule has 0 aliphatic heterocycles. The molecule has 3 aromatic rings. The highest BCUT2D eigenvalue weighted by Gasteiger charge is 2.18. The summed E-state index contributed by atoms with van der Waals surface area (Å²) in [4.78, 5) is 18.9. The van der Waals surface area contributed by atoms with Crippen molar-refractivity contribution in [3.63, 3.8) is 0 Å². The van der Waals surface area contributed by atoms with Gasteiger partial charge in [0.25, 0.3) is 5.91 Å². The van der Waals surface area contributed by atoms with Gasteiger partial charge >= 0.3 is 0 Å². The van der Waals surface area contributed by atoms with Gasteiger partial charge in [-0.05, 0) is 37.6 Å². The zero-order valence-electron chi connectivity index (χ0n) is 12.3. The zero-order valence-corrected chi connectivity index (χ0v) is 13.1. The van der Waals surface area contributed by atoms with Crippen molar-refractivity contribution in [2.24, 2.45) is 0 Å². The number of hydrogen-bond acceptors (Lipinski definition) is 3. The Hall–Kier alpha value is -2.20. The first-order valence-electron chi connectivity index (χ1n) is 6.77. The molecule has 0 radical (unpaired) electrons. The summed E-state index contributed by atoms with van der Waals surface area (Å²) in [6.07, 6.45) is 0. The molecule has 0 aliphatic rings. The minimum absolute atomic E-state index is 0.0183. The third-order valence-corrected chi connectivity index (χ3v) is 4.61. The molecule has 0 atom stereocenters. The maximum atomic E-state index is 12.7. The molecular formula is C17H16N2OS. The monoisotopic (exact) mass is 296 g/mol. The number of carbonyl (C=O) groups is 1. The molecule has 1 heterocycles. The third-order valence-electron chi connectivity index (χ3n) is 3.50. The first-order valence-corrected chi connectivity index (χ1v) is 7.59. The van der Waals surface area contributed by atoms with Gasteiger partial charge in [0.1, 0.15) is 0 Å². The third kappa shape index (κ3) is 2.54. The number of thiazole rings is 1. The van der Waals surface area contributed by atoms with Gasteiger partial charge in [0, 0.05) is 12.6 Å². The number of fused-ring (bicyclic) bond motifs is 1. The Morgan fingerprint density at radius 2 is 1.90 bits per heavy atom. The standard InChI is InChI=1S/C17H16N2OS/c1-11-8-9-12(2)13(10-11)16(20)19(3)17-18-14-6-4-5-7-15(14)21-17/h4-10H,1-3H3. The number of rotatable bonds is 2. The van der Waals surface area contributed by atoms with Crippen molar-refractivity contribution in [3.8, 4) is 0 Å². The molecule has 106 valence electrons. The summed E-state index contributed by atoms with van der Waals surface area (Å²) in [6, 6.07) is 13.9. The van der Waals surface area contributed by atoms with E-state index in [1.54, 1.807) is 11.9 Å². The van der Waals surface area contributed by atoms with E-state index < -0.39 is 0 Å². The van der Waals surface area contributed by atoms with E-state index in [0.29, 0.717) is 0 Å². The highest BCUT2D eigenvalue weighted by Crippen LogP contribution is 2.29. The summed E-state index contributed by atoms with van der Waals surface area (Å²) < 4.78 is 1.09. The number of aryl methyl sites for hydroxylation is 2. The maximum absolute atomic E-state index is 12.7. The Bertz CT molecular complexity index is 790. The molecule has 2 aromatic carbocycles. The molecule has 0 N–H and O–H groups in total. The van der Waals surface area contributed by atoms with Gasteiger partial charge in [0.05, 0.1) is 10.2 Å². The molecule has 1 aromatic heterocycles. The number of aromatic nitrogens is 1. The first kappa shape index (κ1) is 13.8. The van der Waals surface area contributed by atoms with Gasteiger partial charge in [-0.25, -0.2) is 4.98 Å². The van der Waals surface area contributed by atoms with Crippen LogP contribution in [0.1, 0.15) is 21.5 Å². The SMILES string of the molecule is Cc1ccc(C)c(C(=O)N(C)c2nc3ccccc3s2)c1. The normalized spacial score (nSPS) is 10.8. The fraction of sp³-hybridized carbons (Fsp3) is 0.176. The van der Waals surface area contributed by atoms with E-state index in [1.807, 2.05) is 56.3 Å². The van der Waals surface area contributed by atoms with Crippen LogP contribution in [0.4, 0.5) is 5.13 Å². The molecule has 21 heavy (non-hydrogen) atoms. The van der Waals surface area contributed by atoms with Crippen LogP contribution in [0.15, 0.2) is 42.5 Å². The van der Waals surface area contributed by atoms with Gasteiger partial charge in [-0.15, -0.1) is 0 Å². The van der Waals surface area contributed by atoms with Crippen LogP contribution >= 0.6 is 11.3 Å². The van der Waals surface area contributed by atoms with Crippen molar-refractivity contribution in [1.82, 2.24) is 4.98 Å². The maximum Gasteiger partial charge on any atom is 0.260 e. The van der Waals surface area contributed by atoms with Crippen molar-refractivity contribution >= 4 is 32.6 Å². The van der Waals surface area contributed by atoms with Crippen LogP contribution in [0, 0.1) is 13.8 Å². The van der Waals surface area contributed by atoms with Crippen molar-refractivity contribution < 1.29 is 4.79 Å². The number of anilines is 1. The van der Waals surface area contributed by atoms with Crippen LogP contribution in [0.5, 0.6) is 0 Å². The number of benzene rings is 2. The minimum Gasteiger partial charge on any atom is -0.287 e. The predicted molar refractivity (Wildman–Crippen MR) is 88.3 cm³/mol. The molecule has 0 bridgehead atoms. The second kappa shape index (κ2) is 5.30. The van der Waals surface area contributed by atoms with Crippen LogP contribution in [-0.2, 0) is 0 Å². The molecule has 1 amide bonds. The number of nitrogens with zero attached hydrogens (tertiary/aromatic N) is 2. The zero-order chi connectivity index (χ0) is 15.0. The first-order chi connectivity index (χ1) is 10.1. The molecule has 3 nitrogen and oxygen atoms in total. The molecular weight excluding hydrogens is 280 g/mol.